The van der Waals surface area contributed by atoms with Gasteiger partial charge >= 0.3 is 0 Å². The summed E-state index contributed by atoms with van der Waals surface area (Å²) in [6, 6.07) is 0. The molecule has 0 atom stereocenters. The molecule has 0 spiro atoms. The molecular weight excluding hydrogens is 210 g/mol. The lowest BCUT2D eigenvalue weighted by molar-refractivity contribution is 0.767. The zero-order chi connectivity index (χ0) is 10.8. The largest absolute Gasteiger partial charge is 0.383 e. The molecule has 80 valence electrons. The van der Waals surface area contributed by atoms with Crippen LogP contribution in [0.25, 0.3) is 0 Å². The molecule has 3 N–H and O–H groups in total. The molecule has 5 nitrogen and oxygen atoms in total. The predicted octanol–water partition coefficient (Wildman–Crippen LogP) is 1.38. The van der Waals surface area contributed by atoms with E-state index in [4.69, 9.17) is 5.73 Å². The van der Waals surface area contributed by atoms with Gasteiger partial charge < -0.3 is 11.1 Å². The topological polar surface area (TPSA) is 68.8 Å². The Labute approximate surface area is 92.1 Å². The maximum atomic E-state index is 5.66. The SMILES string of the molecule is Cc1c(N)nsc1NCc1cnn(C)c1. The molecule has 0 radical (unpaired) electrons. The first-order valence-corrected chi connectivity index (χ1v) is 5.37. The molecular formula is C9H13N5S. The van der Waals surface area contributed by atoms with Gasteiger partial charge in [-0.1, -0.05) is 0 Å². The summed E-state index contributed by atoms with van der Waals surface area (Å²) in [7, 11) is 1.90. The van der Waals surface area contributed by atoms with Gasteiger partial charge in [0.15, 0.2) is 0 Å². The summed E-state index contributed by atoms with van der Waals surface area (Å²) in [5, 5.41) is 8.41. The average Bonchev–Trinajstić information content (AvgIpc) is 2.74. The molecule has 0 aliphatic heterocycles. The van der Waals surface area contributed by atoms with E-state index in [0.717, 1.165) is 22.7 Å². The molecule has 0 bridgehead atoms. The number of aryl methyl sites for hydroxylation is 1. The fourth-order valence-corrected chi connectivity index (χ4v) is 1.96. The molecule has 0 fully saturated rings. The van der Waals surface area contributed by atoms with Crippen LogP contribution < -0.4 is 11.1 Å². The quantitative estimate of drug-likeness (QED) is 0.824. The molecule has 2 aromatic heterocycles. The monoisotopic (exact) mass is 223 g/mol. The summed E-state index contributed by atoms with van der Waals surface area (Å²) < 4.78 is 5.85. The second kappa shape index (κ2) is 3.90. The van der Waals surface area contributed by atoms with Crippen molar-refractivity contribution in [2.75, 3.05) is 11.1 Å². The first kappa shape index (κ1) is 9.97. The summed E-state index contributed by atoms with van der Waals surface area (Å²) in [5.41, 5.74) is 7.82. The number of nitrogens with zero attached hydrogens (tertiary/aromatic N) is 3. The molecule has 0 aliphatic rings. The summed E-state index contributed by atoms with van der Waals surface area (Å²) in [5.74, 6) is 0.605. The molecule has 2 aromatic rings. The highest BCUT2D eigenvalue weighted by Crippen LogP contribution is 2.25. The first-order valence-electron chi connectivity index (χ1n) is 4.60. The van der Waals surface area contributed by atoms with E-state index in [1.54, 1.807) is 4.68 Å². The van der Waals surface area contributed by atoms with E-state index in [2.05, 4.69) is 14.8 Å². The number of anilines is 2. The van der Waals surface area contributed by atoms with E-state index in [-0.39, 0.29) is 0 Å². The van der Waals surface area contributed by atoms with E-state index in [1.165, 1.54) is 11.5 Å². The lowest BCUT2D eigenvalue weighted by Gasteiger charge is -2.01. The number of hydrogen-bond acceptors (Lipinski definition) is 5. The van der Waals surface area contributed by atoms with Gasteiger partial charge in [0, 0.05) is 30.9 Å². The Hall–Kier alpha value is -1.56. The van der Waals surface area contributed by atoms with Gasteiger partial charge in [0.2, 0.25) is 0 Å². The summed E-state index contributed by atoms with van der Waals surface area (Å²) in [6.07, 6.45) is 3.82. The van der Waals surface area contributed by atoms with Crippen molar-refractivity contribution in [3.63, 3.8) is 0 Å². The van der Waals surface area contributed by atoms with Gasteiger partial charge in [-0.15, -0.1) is 0 Å². The molecule has 15 heavy (non-hydrogen) atoms. The number of hydrogen-bond donors (Lipinski definition) is 2. The maximum absolute atomic E-state index is 5.66. The van der Waals surface area contributed by atoms with Gasteiger partial charge in [-0.05, 0) is 18.5 Å². The van der Waals surface area contributed by atoms with E-state index in [0.29, 0.717) is 5.82 Å². The number of rotatable bonds is 3. The molecule has 0 aromatic carbocycles. The third kappa shape index (κ3) is 2.10. The second-order valence-corrected chi connectivity index (χ2v) is 4.17. The molecule has 0 saturated heterocycles. The number of nitrogens with two attached hydrogens (primary N) is 1. The van der Waals surface area contributed by atoms with Gasteiger partial charge in [-0.2, -0.15) is 9.47 Å². The highest BCUT2D eigenvalue weighted by Gasteiger charge is 2.06. The summed E-state index contributed by atoms with van der Waals surface area (Å²) >= 11 is 1.39. The van der Waals surface area contributed by atoms with E-state index in [9.17, 15) is 0 Å². The molecule has 0 unspecified atom stereocenters. The highest BCUT2D eigenvalue weighted by molar-refractivity contribution is 7.10. The Morgan fingerprint density at radius 3 is 2.93 bits per heavy atom. The average molecular weight is 223 g/mol. The van der Waals surface area contributed by atoms with Gasteiger partial charge in [-0.3, -0.25) is 4.68 Å². The molecule has 0 saturated carbocycles. The van der Waals surface area contributed by atoms with Crippen LogP contribution >= 0.6 is 11.5 Å². The van der Waals surface area contributed by atoms with E-state index < -0.39 is 0 Å². The summed E-state index contributed by atoms with van der Waals surface area (Å²) in [4.78, 5) is 0. The van der Waals surface area contributed by atoms with Gasteiger partial charge in [0.1, 0.15) is 10.8 Å². The first-order chi connectivity index (χ1) is 7.16. The van der Waals surface area contributed by atoms with Crippen LogP contribution in [0, 0.1) is 6.92 Å². The number of nitrogens with one attached hydrogen (secondary N) is 1. The normalized spacial score (nSPS) is 10.5. The minimum absolute atomic E-state index is 0.605. The van der Waals surface area contributed by atoms with E-state index in [1.807, 2.05) is 26.4 Å². The van der Waals surface area contributed by atoms with Crippen molar-refractivity contribution < 1.29 is 0 Å². The molecule has 0 amide bonds. The highest BCUT2D eigenvalue weighted by atomic mass is 32.1. The van der Waals surface area contributed by atoms with Crippen molar-refractivity contribution in [3.8, 4) is 0 Å². The van der Waals surface area contributed by atoms with Crippen molar-refractivity contribution >= 4 is 22.4 Å². The standard InChI is InChI=1S/C9H13N5S/c1-6-8(10)13-15-9(6)11-3-7-4-12-14(2)5-7/h4-5,11H,3H2,1-2H3,(H2,10,13). The van der Waals surface area contributed by atoms with Crippen molar-refractivity contribution in [2.24, 2.45) is 7.05 Å². The lowest BCUT2D eigenvalue weighted by Crippen LogP contribution is -1.98. The number of aromatic nitrogens is 3. The van der Waals surface area contributed by atoms with Crippen LogP contribution in [-0.2, 0) is 13.6 Å². The zero-order valence-electron chi connectivity index (χ0n) is 8.69. The van der Waals surface area contributed by atoms with Crippen LogP contribution in [0.4, 0.5) is 10.8 Å². The van der Waals surface area contributed by atoms with Crippen molar-refractivity contribution in [1.29, 1.82) is 0 Å². The second-order valence-electron chi connectivity index (χ2n) is 3.40. The molecule has 2 rings (SSSR count). The van der Waals surface area contributed by atoms with Gasteiger partial charge in [0.25, 0.3) is 0 Å². The molecule has 2 heterocycles. The minimum Gasteiger partial charge on any atom is -0.383 e. The van der Waals surface area contributed by atoms with E-state index >= 15 is 0 Å². The fourth-order valence-electron chi connectivity index (χ4n) is 1.26. The third-order valence-electron chi connectivity index (χ3n) is 2.17. The molecule has 0 aliphatic carbocycles. The Bertz CT molecular complexity index is 459. The van der Waals surface area contributed by atoms with Crippen LogP contribution in [-0.4, -0.2) is 14.2 Å². The fraction of sp³-hybridized carbons (Fsp3) is 0.333. The Kier molecular flexibility index (Phi) is 2.59. The predicted molar refractivity (Wildman–Crippen MR) is 61.8 cm³/mol. The van der Waals surface area contributed by atoms with Crippen molar-refractivity contribution in [2.45, 2.75) is 13.5 Å². The van der Waals surface area contributed by atoms with Crippen LogP contribution in [0.2, 0.25) is 0 Å². The van der Waals surface area contributed by atoms with Crippen LogP contribution in [0.3, 0.4) is 0 Å². The van der Waals surface area contributed by atoms with Crippen LogP contribution in [0.1, 0.15) is 11.1 Å². The number of nitrogen functional groups attached to an aromatic ring is 1. The molecule has 6 heteroatoms. The van der Waals surface area contributed by atoms with Gasteiger partial charge in [-0.25, -0.2) is 0 Å². The zero-order valence-corrected chi connectivity index (χ0v) is 9.51. The van der Waals surface area contributed by atoms with Crippen molar-refractivity contribution in [3.05, 3.63) is 23.5 Å². The van der Waals surface area contributed by atoms with Crippen LogP contribution in [0.15, 0.2) is 12.4 Å². The lowest BCUT2D eigenvalue weighted by atomic mass is 10.3. The Morgan fingerprint density at radius 2 is 2.40 bits per heavy atom. The third-order valence-corrected chi connectivity index (χ3v) is 3.09. The van der Waals surface area contributed by atoms with Crippen LogP contribution in [0.5, 0.6) is 0 Å². The smallest absolute Gasteiger partial charge is 0.142 e. The maximum Gasteiger partial charge on any atom is 0.142 e. The summed E-state index contributed by atoms with van der Waals surface area (Å²) in [6.45, 7) is 2.71. The van der Waals surface area contributed by atoms with Gasteiger partial charge in [0.05, 0.1) is 6.20 Å². The van der Waals surface area contributed by atoms with Crippen molar-refractivity contribution in [1.82, 2.24) is 14.2 Å². The minimum atomic E-state index is 0.605. The Balaban J connectivity index is 2.02. The Morgan fingerprint density at radius 1 is 1.60 bits per heavy atom.